The first-order valence-electron chi connectivity index (χ1n) is 5.69. The van der Waals surface area contributed by atoms with Gasteiger partial charge >= 0.3 is 0 Å². The van der Waals surface area contributed by atoms with Crippen LogP contribution in [0, 0.1) is 5.92 Å². The molecular formula is C11H22N4. The monoisotopic (exact) mass is 210 g/mol. The summed E-state index contributed by atoms with van der Waals surface area (Å²) in [5.74, 6) is 1.72. The van der Waals surface area contributed by atoms with Crippen molar-refractivity contribution in [2.75, 3.05) is 6.54 Å². The molecule has 1 unspecified atom stereocenters. The van der Waals surface area contributed by atoms with Gasteiger partial charge in [-0.1, -0.05) is 27.2 Å². The Morgan fingerprint density at radius 3 is 2.67 bits per heavy atom. The standard InChI is InChI=1S/C11H22N4/c1-5-10(7-12-9(2)3)6-11-13-8-14-15(11)4/h8-10,12H,5-7H2,1-4H3. The highest BCUT2D eigenvalue weighted by Crippen LogP contribution is 2.08. The molecule has 1 rings (SSSR count). The smallest absolute Gasteiger partial charge is 0.138 e. The SMILES string of the molecule is CCC(CNC(C)C)Cc1ncnn1C. The van der Waals surface area contributed by atoms with E-state index in [0.29, 0.717) is 12.0 Å². The molecule has 86 valence electrons. The van der Waals surface area contributed by atoms with Crippen LogP contribution in [0.3, 0.4) is 0 Å². The van der Waals surface area contributed by atoms with Crippen molar-refractivity contribution in [1.82, 2.24) is 20.1 Å². The Hall–Kier alpha value is -0.900. The summed E-state index contributed by atoms with van der Waals surface area (Å²) >= 11 is 0. The van der Waals surface area contributed by atoms with Crippen LogP contribution in [0.5, 0.6) is 0 Å². The summed E-state index contributed by atoms with van der Waals surface area (Å²) in [7, 11) is 1.95. The highest BCUT2D eigenvalue weighted by molar-refractivity contribution is 4.86. The summed E-state index contributed by atoms with van der Waals surface area (Å²) in [6.07, 6.45) is 3.80. The number of hydrogen-bond acceptors (Lipinski definition) is 3. The summed E-state index contributed by atoms with van der Waals surface area (Å²) in [6, 6.07) is 0.554. The van der Waals surface area contributed by atoms with E-state index < -0.39 is 0 Å². The molecule has 1 aromatic rings. The molecule has 0 amide bonds. The maximum absolute atomic E-state index is 4.25. The van der Waals surface area contributed by atoms with Gasteiger partial charge in [-0.3, -0.25) is 4.68 Å². The number of hydrogen-bond donors (Lipinski definition) is 1. The molecule has 0 aliphatic carbocycles. The summed E-state index contributed by atoms with van der Waals surface area (Å²) < 4.78 is 1.86. The molecule has 0 aliphatic heterocycles. The first kappa shape index (κ1) is 12.2. The van der Waals surface area contributed by atoms with Crippen LogP contribution in [-0.2, 0) is 13.5 Å². The van der Waals surface area contributed by atoms with Crippen molar-refractivity contribution < 1.29 is 0 Å². The summed E-state index contributed by atoms with van der Waals surface area (Å²) in [6.45, 7) is 7.63. The third-order valence-electron chi connectivity index (χ3n) is 2.67. The fraction of sp³-hybridized carbons (Fsp3) is 0.818. The van der Waals surface area contributed by atoms with Gasteiger partial charge in [-0.15, -0.1) is 0 Å². The minimum absolute atomic E-state index is 0.554. The van der Waals surface area contributed by atoms with Gasteiger partial charge in [-0.25, -0.2) is 4.98 Å². The normalized spacial score (nSPS) is 13.4. The molecule has 0 aliphatic rings. The Labute approximate surface area is 92.1 Å². The zero-order chi connectivity index (χ0) is 11.3. The van der Waals surface area contributed by atoms with Gasteiger partial charge in [0.15, 0.2) is 0 Å². The van der Waals surface area contributed by atoms with E-state index in [1.807, 2.05) is 11.7 Å². The second kappa shape index (κ2) is 5.85. The maximum Gasteiger partial charge on any atom is 0.138 e. The Bertz CT molecular complexity index is 280. The molecule has 0 spiro atoms. The third kappa shape index (κ3) is 4.00. The van der Waals surface area contributed by atoms with E-state index >= 15 is 0 Å². The predicted octanol–water partition coefficient (Wildman–Crippen LogP) is 1.38. The predicted molar refractivity (Wildman–Crippen MR) is 61.6 cm³/mol. The second-order valence-corrected chi connectivity index (χ2v) is 4.34. The lowest BCUT2D eigenvalue weighted by Crippen LogP contribution is -2.30. The fourth-order valence-corrected chi connectivity index (χ4v) is 1.53. The number of aromatic nitrogens is 3. The van der Waals surface area contributed by atoms with E-state index in [1.54, 1.807) is 6.33 Å². The van der Waals surface area contributed by atoms with Gasteiger partial charge in [-0.05, 0) is 12.5 Å². The molecule has 1 atom stereocenters. The lowest BCUT2D eigenvalue weighted by molar-refractivity contribution is 0.423. The van der Waals surface area contributed by atoms with Crippen molar-refractivity contribution >= 4 is 0 Å². The second-order valence-electron chi connectivity index (χ2n) is 4.34. The topological polar surface area (TPSA) is 42.7 Å². The van der Waals surface area contributed by atoms with Gasteiger partial charge in [0, 0.05) is 19.5 Å². The van der Waals surface area contributed by atoms with E-state index in [2.05, 4.69) is 36.2 Å². The Morgan fingerprint density at radius 2 is 2.20 bits per heavy atom. The van der Waals surface area contributed by atoms with Crippen LogP contribution in [0.2, 0.25) is 0 Å². The Kier molecular flexibility index (Phi) is 4.75. The average molecular weight is 210 g/mol. The van der Waals surface area contributed by atoms with Crippen LogP contribution in [0.1, 0.15) is 33.0 Å². The van der Waals surface area contributed by atoms with E-state index in [0.717, 1.165) is 18.8 Å². The van der Waals surface area contributed by atoms with Crippen molar-refractivity contribution in [1.29, 1.82) is 0 Å². The van der Waals surface area contributed by atoms with Crippen LogP contribution in [0.4, 0.5) is 0 Å². The van der Waals surface area contributed by atoms with Crippen LogP contribution in [-0.4, -0.2) is 27.4 Å². The van der Waals surface area contributed by atoms with Crippen molar-refractivity contribution in [3.05, 3.63) is 12.2 Å². The zero-order valence-corrected chi connectivity index (χ0v) is 10.2. The summed E-state index contributed by atoms with van der Waals surface area (Å²) in [4.78, 5) is 4.25. The van der Waals surface area contributed by atoms with E-state index in [1.165, 1.54) is 6.42 Å². The first-order chi connectivity index (χ1) is 7.13. The van der Waals surface area contributed by atoms with E-state index in [-0.39, 0.29) is 0 Å². The molecule has 15 heavy (non-hydrogen) atoms. The van der Waals surface area contributed by atoms with Gasteiger partial charge in [0.05, 0.1) is 0 Å². The number of nitrogens with one attached hydrogen (secondary N) is 1. The number of aryl methyl sites for hydroxylation is 1. The largest absolute Gasteiger partial charge is 0.314 e. The Balaban J connectivity index is 2.43. The Morgan fingerprint density at radius 1 is 1.47 bits per heavy atom. The summed E-state index contributed by atoms with van der Waals surface area (Å²) in [5.41, 5.74) is 0. The lowest BCUT2D eigenvalue weighted by Gasteiger charge is -2.16. The third-order valence-corrected chi connectivity index (χ3v) is 2.67. The van der Waals surface area contributed by atoms with Crippen molar-refractivity contribution in [2.45, 2.75) is 39.7 Å². The number of nitrogens with zero attached hydrogens (tertiary/aromatic N) is 3. The molecule has 1 N–H and O–H groups in total. The first-order valence-corrected chi connectivity index (χ1v) is 5.69. The van der Waals surface area contributed by atoms with Crippen molar-refractivity contribution in [3.8, 4) is 0 Å². The quantitative estimate of drug-likeness (QED) is 0.771. The average Bonchev–Trinajstić information content (AvgIpc) is 2.58. The molecule has 0 bridgehead atoms. The molecular weight excluding hydrogens is 188 g/mol. The lowest BCUT2D eigenvalue weighted by atomic mass is 10.0. The van der Waals surface area contributed by atoms with Crippen molar-refractivity contribution in [2.24, 2.45) is 13.0 Å². The molecule has 0 radical (unpaired) electrons. The van der Waals surface area contributed by atoms with Crippen LogP contribution < -0.4 is 5.32 Å². The van der Waals surface area contributed by atoms with Crippen LogP contribution >= 0.6 is 0 Å². The highest BCUT2D eigenvalue weighted by Gasteiger charge is 2.11. The van der Waals surface area contributed by atoms with E-state index in [4.69, 9.17) is 0 Å². The number of rotatable bonds is 6. The molecule has 0 fully saturated rings. The summed E-state index contributed by atoms with van der Waals surface area (Å²) in [5, 5.41) is 7.56. The van der Waals surface area contributed by atoms with Crippen LogP contribution in [0.15, 0.2) is 6.33 Å². The van der Waals surface area contributed by atoms with Crippen LogP contribution in [0.25, 0.3) is 0 Å². The van der Waals surface area contributed by atoms with Gasteiger partial charge in [-0.2, -0.15) is 5.10 Å². The van der Waals surface area contributed by atoms with Gasteiger partial charge in [0.1, 0.15) is 12.2 Å². The molecule has 0 aromatic carbocycles. The molecule has 0 saturated carbocycles. The van der Waals surface area contributed by atoms with Gasteiger partial charge in [0.2, 0.25) is 0 Å². The maximum atomic E-state index is 4.25. The fourth-order valence-electron chi connectivity index (χ4n) is 1.53. The molecule has 1 aromatic heterocycles. The van der Waals surface area contributed by atoms with E-state index in [9.17, 15) is 0 Å². The molecule has 0 saturated heterocycles. The molecule has 4 heteroatoms. The minimum Gasteiger partial charge on any atom is -0.314 e. The molecule has 4 nitrogen and oxygen atoms in total. The zero-order valence-electron chi connectivity index (χ0n) is 10.2. The highest BCUT2D eigenvalue weighted by atomic mass is 15.3. The van der Waals surface area contributed by atoms with Gasteiger partial charge < -0.3 is 5.32 Å². The van der Waals surface area contributed by atoms with Gasteiger partial charge in [0.25, 0.3) is 0 Å². The minimum atomic E-state index is 0.554. The van der Waals surface area contributed by atoms with Crippen molar-refractivity contribution in [3.63, 3.8) is 0 Å². The molecule has 1 heterocycles.